The number of halogens is 3. The summed E-state index contributed by atoms with van der Waals surface area (Å²) in [4.78, 5) is 31.6. The molecule has 148 valence electrons. The van der Waals surface area contributed by atoms with Gasteiger partial charge in [-0.3, -0.25) is 9.36 Å². The first-order valence-electron chi connectivity index (χ1n) is 8.10. The van der Waals surface area contributed by atoms with Crippen LogP contribution in [0.2, 0.25) is 0 Å². The van der Waals surface area contributed by atoms with Crippen LogP contribution in [0.15, 0.2) is 52.4 Å². The number of ether oxygens (including phenoxy) is 1. The maximum absolute atomic E-state index is 13.2. The summed E-state index contributed by atoms with van der Waals surface area (Å²) in [6.45, 7) is -0.496. The molecule has 0 fully saturated rings. The Kier molecular flexibility index (Phi) is 5.24. The molecule has 0 amide bonds. The quantitative estimate of drug-likeness (QED) is 0.284. The Morgan fingerprint density at radius 2 is 1.93 bits per heavy atom. The summed E-state index contributed by atoms with van der Waals surface area (Å²) in [5.41, 5.74) is 5.94. The van der Waals surface area contributed by atoms with E-state index in [1.807, 2.05) is 0 Å². The lowest BCUT2D eigenvalue weighted by atomic mass is 10.1. The molecule has 2 heterocycles. The van der Waals surface area contributed by atoms with Gasteiger partial charge in [-0.05, 0) is 29.8 Å². The van der Waals surface area contributed by atoms with Crippen LogP contribution in [-0.2, 0) is 17.5 Å². The molecule has 0 atom stereocenters. The van der Waals surface area contributed by atoms with E-state index in [9.17, 15) is 22.8 Å². The number of hydrogen-bond acceptors (Lipinski definition) is 5. The maximum atomic E-state index is 13.2. The van der Waals surface area contributed by atoms with Crippen LogP contribution in [0.3, 0.4) is 0 Å². The molecule has 0 bridgehead atoms. The van der Waals surface area contributed by atoms with Crippen LogP contribution < -0.4 is 5.43 Å². The van der Waals surface area contributed by atoms with Crippen LogP contribution >= 0.6 is 0 Å². The number of carbonyl (C=O) groups excluding carboxylic acids is 1. The maximum Gasteiger partial charge on any atom is 0.433 e. The lowest BCUT2D eigenvalue weighted by Gasteiger charge is -2.18. The molecule has 0 aliphatic heterocycles. The van der Waals surface area contributed by atoms with Crippen molar-refractivity contribution < 1.29 is 22.7 Å². The molecule has 8 nitrogen and oxygen atoms in total. The van der Waals surface area contributed by atoms with Gasteiger partial charge in [-0.25, -0.2) is 9.78 Å². The Bertz CT molecular complexity index is 1200. The van der Waals surface area contributed by atoms with E-state index >= 15 is 0 Å². The number of nitrogens with zero attached hydrogens (tertiary/aromatic N) is 5. The van der Waals surface area contributed by atoms with Crippen LogP contribution in [0.4, 0.5) is 13.2 Å². The SMILES string of the molecule is COC(=O)c1c(CN=[N+]=[N-])c(=O)c2ccc(C(F)(F)F)nc2n1-c1ccccc1. The van der Waals surface area contributed by atoms with Crippen molar-refractivity contribution in [1.82, 2.24) is 9.55 Å². The number of alkyl halides is 3. The van der Waals surface area contributed by atoms with Crippen LogP contribution in [0.1, 0.15) is 21.7 Å². The Labute approximate surface area is 160 Å². The number of benzene rings is 1. The van der Waals surface area contributed by atoms with E-state index in [1.54, 1.807) is 18.2 Å². The van der Waals surface area contributed by atoms with Gasteiger partial charge < -0.3 is 4.74 Å². The molecule has 0 N–H and O–H groups in total. The minimum Gasteiger partial charge on any atom is -0.464 e. The number of rotatable bonds is 4. The molecular formula is C18H12F3N5O3. The Morgan fingerprint density at radius 3 is 2.52 bits per heavy atom. The number of carbonyl (C=O) groups is 1. The Hall–Kier alpha value is -3.85. The number of para-hydroxylation sites is 1. The standard InChI is InChI=1S/C18H12F3N5O3/c1-29-17(28)14-12(9-23-25-22)15(27)11-7-8-13(18(19,20)21)24-16(11)26(14)10-5-3-2-4-6-10/h2-8H,9H2,1H3. The minimum absolute atomic E-state index is 0.169. The second-order valence-corrected chi connectivity index (χ2v) is 5.77. The summed E-state index contributed by atoms with van der Waals surface area (Å²) >= 11 is 0. The zero-order chi connectivity index (χ0) is 21.2. The Balaban J connectivity index is 2.57. The molecular weight excluding hydrogens is 391 g/mol. The zero-order valence-electron chi connectivity index (χ0n) is 14.8. The lowest BCUT2D eigenvalue weighted by Crippen LogP contribution is -2.25. The highest BCUT2D eigenvalue weighted by Gasteiger charge is 2.34. The van der Waals surface area contributed by atoms with Crippen molar-refractivity contribution in [3.8, 4) is 5.69 Å². The monoisotopic (exact) mass is 403 g/mol. The fourth-order valence-corrected chi connectivity index (χ4v) is 2.85. The van der Waals surface area contributed by atoms with Gasteiger partial charge in [0.25, 0.3) is 0 Å². The van der Waals surface area contributed by atoms with Gasteiger partial charge >= 0.3 is 12.1 Å². The zero-order valence-corrected chi connectivity index (χ0v) is 14.8. The van der Waals surface area contributed by atoms with E-state index < -0.39 is 29.8 Å². The van der Waals surface area contributed by atoms with Gasteiger partial charge in [0.15, 0.2) is 5.43 Å². The predicted octanol–water partition coefficient (Wildman–Crippen LogP) is 4.00. The van der Waals surface area contributed by atoms with Crippen LogP contribution in [0.5, 0.6) is 0 Å². The normalized spacial score (nSPS) is 11.2. The number of methoxy groups -OCH3 is 1. The molecule has 29 heavy (non-hydrogen) atoms. The van der Waals surface area contributed by atoms with E-state index in [0.29, 0.717) is 6.07 Å². The fourth-order valence-electron chi connectivity index (χ4n) is 2.85. The van der Waals surface area contributed by atoms with Crippen molar-refractivity contribution in [2.45, 2.75) is 12.7 Å². The second kappa shape index (κ2) is 7.64. The van der Waals surface area contributed by atoms with Gasteiger partial charge in [0.05, 0.1) is 19.0 Å². The van der Waals surface area contributed by atoms with E-state index in [2.05, 4.69) is 15.0 Å². The average Bonchev–Trinajstić information content (AvgIpc) is 2.71. The van der Waals surface area contributed by atoms with Gasteiger partial charge in [0.2, 0.25) is 0 Å². The van der Waals surface area contributed by atoms with E-state index in [-0.39, 0.29) is 28.0 Å². The van der Waals surface area contributed by atoms with Gasteiger partial charge in [-0.1, -0.05) is 23.3 Å². The van der Waals surface area contributed by atoms with Crippen molar-refractivity contribution in [1.29, 1.82) is 0 Å². The first kappa shape index (κ1) is 19.9. The molecule has 0 spiro atoms. The Morgan fingerprint density at radius 1 is 1.24 bits per heavy atom. The third-order valence-corrected chi connectivity index (χ3v) is 4.09. The lowest BCUT2D eigenvalue weighted by molar-refractivity contribution is -0.141. The van der Waals surface area contributed by atoms with Crippen molar-refractivity contribution >= 4 is 17.0 Å². The fraction of sp³-hybridized carbons (Fsp3) is 0.167. The molecule has 0 saturated carbocycles. The molecule has 0 unspecified atom stereocenters. The number of esters is 1. The highest BCUT2D eigenvalue weighted by atomic mass is 19.4. The summed E-state index contributed by atoms with van der Waals surface area (Å²) in [5, 5.41) is 3.17. The second-order valence-electron chi connectivity index (χ2n) is 5.77. The van der Waals surface area contributed by atoms with Gasteiger partial charge in [0, 0.05) is 16.2 Å². The van der Waals surface area contributed by atoms with Crippen molar-refractivity contribution in [2.75, 3.05) is 7.11 Å². The number of aromatic nitrogens is 2. The first-order chi connectivity index (χ1) is 13.8. The first-order valence-corrected chi connectivity index (χ1v) is 8.10. The van der Waals surface area contributed by atoms with E-state index in [1.165, 1.54) is 12.1 Å². The third kappa shape index (κ3) is 3.63. The summed E-state index contributed by atoms with van der Waals surface area (Å²) in [6.07, 6.45) is -4.76. The molecule has 3 aromatic rings. The molecule has 2 aromatic heterocycles. The summed E-state index contributed by atoms with van der Waals surface area (Å²) in [6, 6.07) is 9.57. The molecule has 3 rings (SSSR count). The summed E-state index contributed by atoms with van der Waals surface area (Å²) in [5.74, 6) is -0.991. The van der Waals surface area contributed by atoms with Gasteiger partial charge in [-0.15, -0.1) is 0 Å². The third-order valence-electron chi connectivity index (χ3n) is 4.09. The van der Waals surface area contributed by atoms with Crippen LogP contribution in [0, 0.1) is 0 Å². The molecule has 0 saturated heterocycles. The van der Waals surface area contributed by atoms with Crippen molar-refractivity contribution in [3.63, 3.8) is 0 Å². The topological polar surface area (TPSA) is 110 Å². The molecule has 1 aromatic carbocycles. The number of pyridine rings is 2. The van der Waals surface area contributed by atoms with Gasteiger partial charge in [-0.2, -0.15) is 13.2 Å². The molecule has 0 aliphatic rings. The smallest absolute Gasteiger partial charge is 0.433 e. The molecule has 0 radical (unpaired) electrons. The average molecular weight is 403 g/mol. The summed E-state index contributed by atoms with van der Waals surface area (Å²) < 4.78 is 45.5. The highest BCUT2D eigenvalue weighted by molar-refractivity contribution is 5.94. The summed E-state index contributed by atoms with van der Waals surface area (Å²) in [7, 11) is 1.06. The number of azide groups is 1. The van der Waals surface area contributed by atoms with Crippen molar-refractivity contribution in [2.24, 2.45) is 5.11 Å². The van der Waals surface area contributed by atoms with Gasteiger partial charge in [0.1, 0.15) is 17.0 Å². The van der Waals surface area contributed by atoms with Crippen molar-refractivity contribution in [3.05, 3.63) is 80.1 Å². The van der Waals surface area contributed by atoms with Crippen LogP contribution in [-0.4, -0.2) is 22.6 Å². The number of fused-ring (bicyclic) bond motifs is 1. The largest absolute Gasteiger partial charge is 0.464 e. The van der Waals surface area contributed by atoms with E-state index in [0.717, 1.165) is 17.7 Å². The minimum atomic E-state index is -4.76. The van der Waals surface area contributed by atoms with Crippen LogP contribution in [0.25, 0.3) is 27.2 Å². The molecule has 11 heteroatoms. The highest BCUT2D eigenvalue weighted by Crippen LogP contribution is 2.30. The molecule has 0 aliphatic carbocycles. The number of hydrogen-bond donors (Lipinski definition) is 0. The van der Waals surface area contributed by atoms with E-state index in [4.69, 9.17) is 10.3 Å². The predicted molar refractivity (Wildman–Crippen MR) is 96.5 cm³/mol.